The molecule has 2 amide bonds. The van der Waals surface area contributed by atoms with Gasteiger partial charge in [-0.3, -0.25) is 0 Å². The van der Waals surface area contributed by atoms with Gasteiger partial charge in [0.1, 0.15) is 5.75 Å². The highest BCUT2D eigenvalue weighted by molar-refractivity contribution is 9.10. The third kappa shape index (κ3) is 3.32. The standard InChI is InChI=1S/C12H15BrN2O2S/c1-17-11-3-2-9(13)8-10(11)14-12(16)15-4-6-18-7-5-15/h2-3,8H,4-7H2,1H3,(H,14,16). The van der Waals surface area contributed by atoms with Crippen LogP contribution >= 0.6 is 27.7 Å². The third-order valence-corrected chi connectivity index (χ3v) is 4.14. The Morgan fingerprint density at radius 2 is 2.17 bits per heavy atom. The van der Waals surface area contributed by atoms with Crippen molar-refractivity contribution in [3.05, 3.63) is 22.7 Å². The fourth-order valence-electron chi connectivity index (χ4n) is 1.74. The molecular weight excluding hydrogens is 316 g/mol. The number of hydrogen-bond donors (Lipinski definition) is 1. The second-order valence-electron chi connectivity index (χ2n) is 3.87. The topological polar surface area (TPSA) is 41.6 Å². The van der Waals surface area contributed by atoms with Gasteiger partial charge in [-0.1, -0.05) is 15.9 Å². The average molecular weight is 331 g/mol. The van der Waals surface area contributed by atoms with Crippen molar-refractivity contribution in [2.24, 2.45) is 0 Å². The first kappa shape index (κ1) is 13.5. The number of nitrogens with one attached hydrogen (secondary N) is 1. The number of hydrogen-bond acceptors (Lipinski definition) is 3. The summed E-state index contributed by atoms with van der Waals surface area (Å²) < 4.78 is 6.14. The quantitative estimate of drug-likeness (QED) is 0.906. The van der Waals surface area contributed by atoms with E-state index in [1.165, 1.54) is 0 Å². The smallest absolute Gasteiger partial charge is 0.322 e. The number of rotatable bonds is 2. The molecule has 1 saturated heterocycles. The summed E-state index contributed by atoms with van der Waals surface area (Å²) >= 11 is 5.27. The summed E-state index contributed by atoms with van der Waals surface area (Å²) in [4.78, 5) is 13.9. The molecule has 0 spiro atoms. The van der Waals surface area contributed by atoms with Crippen LogP contribution in [0.15, 0.2) is 22.7 Å². The van der Waals surface area contributed by atoms with Crippen LogP contribution in [0.2, 0.25) is 0 Å². The molecule has 0 radical (unpaired) electrons. The lowest BCUT2D eigenvalue weighted by Gasteiger charge is -2.26. The van der Waals surface area contributed by atoms with Gasteiger partial charge in [0.25, 0.3) is 0 Å². The minimum Gasteiger partial charge on any atom is -0.495 e. The van der Waals surface area contributed by atoms with Crippen LogP contribution in [0.3, 0.4) is 0 Å². The zero-order valence-corrected chi connectivity index (χ0v) is 12.5. The van der Waals surface area contributed by atoms with Crippen LogP contribution in [0.1, 0.15) is 0 Å². The summed E-state index contributed by atoms with van der Waals surface area (Å²) in [6.45, 7) is 1.60. The number of methoxy groups -OCH3 is 1. The van der Waals surface area contributed by atoms with Crippen LogP contribution in [-0.2, 0) is 0 Å². The molecule has 18 heavy (non-hydrogen) atoms. The van der Waals surface area contributed by atoms with Gasteiger partial charge < -0.3 is 15.0 Å². The fraction of sp³-hybridized carbons (Fsp3) is 0.417. The molecule has 1 aromatic rings. The molecule has 0 aliphatic carbocycles. The lowest BCUT2D eigenvalue weighted by Crippen LogP contribution is -2.40. The largest absolute Gasteiger partial charge is 0.495 e. The molecule has 0 atom stereocenters. The van der Waals surface area contributed by atoms with E-state index >= 15 is 0 Å². The van der Waals surface area contributed by atoms with E-state index in [-0.39, 0.29) is 6.03 Å². The molecule has 1 fully saturated rings. The number of halogens is 1. The number of anilines is 1. The number of ether oxygens (including phenoxy) is 1. The molecule has 6 heteroatoms. The molecule has 98 valence electrons. The molecule has 4 nitrogen and oxygen atoms in total. The van der Waals surface area contributed by atoms with Crippen LogP contribution in [0.5, 0.6) is 5.75 Å². The van der Waals surface area contributed by atoms with Crippen molar-refractivity contribution in [3.8, 4) is 5.75 Å². The Kier molecular flexibility index (Phi) is 4.77. The number of carbonyl (C=O) groups is 1. The molecule has 0 saturated carbocycles. The van der Waals surface area contributed by atoms with Crippen LogP contribution < -0.4 is 10.1 Å². The Hall–Kier alpha value is -0.880. The Morgan fingerprint density at radius 3 is 2.83 bits per heavy atom. The van der Waals surface area contributed by atoms with Gasteiger partial charge in [0, 0.05) is 29.1 Å². The summed E-state index contributed by atoms with van der Waals surface area (Å²) in [6.07, 6.45) is 0. The van der Waals surface area contributed by atoms with Crippen LogP contribution in [0, 0.1) is 0 Å². The summed E-state index contributed by atoms with van der Waals surface area (Å²) in [7, 11) is 1.59. The van der Waals surface area contributed by atoms with E-state index in [4.69, 9.17) is 4.74 Å². The van der Waals surface area contributed by atoms with Gasteiger partial charge in [0.2, 0.25) is 0 Å². The number of urea groups is 1. The van der Waals surface area contributed by atoms with Crippen molar-refractivity contribution in [2.75, 3.05) is 37.0 Å². The molecule has 1 N–H and O–H groups in total. The third-order valence-electron chi connectivity index (χ3n) is 2.70. The molecule has 0 bridgehead atoms. The summed E-state index contributed by atoms with van der Waals surface area (Å²) in [5.74, 6) is 2.67. The van der Waals surface area contributed by atoms with Crippen molar-refractivity contribution in [1.82, 2.24) is 4.90 Å². The lowest BCUT2D eigenvalue weighted by molar-refractivity contribution is 0.217. The average Bonchev–Trinajstić information content (AvgIpc) is 2.40. The minimum atomic E-state index is -0.0632. The number of nitrogens with zero attached hydrogens (tertiary/aromatic N) is 1. The summed E-state index contributed by atoms with van der Waals surface area (Å²) in [6, 6.07) is 5.49. The van der Waals surface area contributed by atoms with Gasteiger partial charge in [0.15, 0.2) is 0 Å². The fourth-order valence-corrected chi connectivity index (χ4v) is 3.00. The second-order valence-corrected chi connectivity index (χ2v) is 6.01. The van der Waals surface area contributed by atoms with Gasteiger partial charge in [-0.25, -0.2) is 4.79 Å². The normalized spacial score (nSPS) is 15.3. The first-order chi connectivity index (χ1) is 8.70. The number of benzene rings is 1. The van der Waals surface area contributed by atoms with Gasteiger partial charge >= 0.3 is 6.03 Å². The van der Waals surface area contributed by atoms with Crippen LogP contribution in [0.25, 0.3) is 0 Å². The van der Waals surface area contributed by atoms with Crippen molar-refractivity contribution < 1.29 is 9.53 Å². The van der Waals surface area contributed by atoms with E-state index in [0.717, 1.165) is 29.1 Å². The molecular formula is C12H15BrN2O2S. The lowest BCUT2D eigenvalue weighted by atomic mass is 10.3. The highest BCUT2D eigenvalue weighted by atomic mass is 79.9. The first-order valence-electron chi connectivity index (χ1n) is 5.68. The van der Waals surface area contributed by atoms with E-state index in [9.17, 15) is 4.79 Å². The van der Waals surface area contributed by atoms with E-state index < -0.39 is 0 Å². The highest BCUT2D eigenvalue weighted by Crippen LogP contribution is 2.28. The maximum Gasteiger partial charge on any atom is 0.322 e. The van der Waals surface area contributed by atoms with Crippen molar-refractivity contribution in [2.45, 2.75) is 0 Å². The first-order valence-corrected chi connectivity index (χ1v) is 7.62. The summed E-state index contributed by atoms with van der Waals surface area (Å²) in [5.41, 5.74) is 0.690. The molecule has 1 heterocycles. The predicted molar refractivity (Wildman–Crippen MR) is 78.6 cm³/mol. The minimum absolute atomic E-state index is 0.0632. The zero-order chi connectivity index (χ0) is 13.0. The molecule has 0 aromatic heterocycles. The SMILES string of the molecule is COc1ccc(Br)cc1NC(=O)N1CCSCC1. The molecule has 1 aromatic carbocycles. The van der Waals surface area contributed by atoms with E-state index in [1.54, 1.807) is 7.11 Å². The van der Waals surface area contributed by atoms with E-state index in [2.05, 4.69) is 21.2 Å². The molecule has 1 aliphatic rings. The van der Waals surface area contributed by atoms with Crippen molar-refractivity contribution >= 4 is 39.4 Å². The predicted octanol–water partition coefficient (Wildman–Crippen LogP) is 3.04. The van der Waals surface area contributed by atoms with Gasteiger partial charge in [-0.2, -0.15) is 11.8 Å². The summed E-state index contributed by atoms with van der Waals surface area (Å²) in [5, 5.41) is 2.89. The Labute approximate surface area is 119 Å². The van der Waals surface area contributed by atoms with Crippen LogP contribution in [-0.4, -0.2) is 42.6 Å². The maximum atomic E-state index is 12.1. The van der Waals surface area contributed by atoms with E-state index in [0.29, 0.717) is 11.4 Å². The highest BCUT2D eigenvalue weighted by Gasteiger charge is 2.17. The zero-order valence-electron chi connectivity index (χ0n) is 10.1. The number of amides is 2. The molecule has 0 unspecified atom stereocenters. The molecule has 1 aliphatic heterocycles. The van der Waals surface area contributed by atoms with Crippen molar-refractivity contribution in [3.63, 3.8) is 0 Å². The monoisotopic (exact) mass is 330 g/mol. The van der Waals surface area contributed by atoms with Gasteiger partial charge in [-0.15, -0.1) is 0 Å². The molecule has 2 rings (SSSR count). The second kappa shape index (κ2) is 6.33. The van der Waals surface area contributed by atoms with Gasteiger partial charge in [-0.05, 0) is 18.2 Å². The Balaban J connectivity index is 2.07. The maximum absolute atomic E-state index is 12.1. The Morgan fingerprint density at radius 1 is 1.44 bits per heavy atom. The van der Waals surface area contributed by atoms with E-state index in [1.807, 2.05) is 34.9 Å². The van der Waals surface area contributed by atoms with Crippen LogP contribution in [0.4, 0.5) is 10.5 Å². The Bertz CT molecular complexity index is 436. The van der Waals surface area contributed by atoms with Crippen molar-refractivity contribution in [1.29, 1.82) is 0 Å². The van der Waals surface area contributed by atoms with Gasteiger partial charge in [0.05, 0.1) is 12.8 Å². The number of thioether (sulfide) groups is 1. The number of carbonyl (C=O) groups excluding carboxylic acids is 1.